The Morgan fingerprint density at radius 1 is 0.946 bits per heavy atom. The quantitative estimate of drug-likeness (QED) is 0.336. The van der Waals surface area contributed by atoms with Gasteiger partial charge in [-0.2, -0.15) is 0 Å². The monoisotopic (exact) mass is 585 g/mol. The smallest absolute Gasteiger partial charge is 0.264 e. The van der Waals surface area contributed by atoms with Crippen LogP contribution in [-0.2, 0) is 26.0 Å². The molecule has 1 atom stereocenters. The Kier molecular flexibility index (Phi) is 10.3. The van der Waals surface area contributed by atoms with Gasteiger partial charge in [0.2, 0.25) is 11.8 Å². The molecule has 1 N–H and O–H groups in total. The van der Waals surface area contributed by atoms with Crippen molar-refractivity contribution in [3.63, 3.8) is 0 Å². The van der Waals surface area contributed by atoms with Crippen LogP contribution in [-0.4, -0.2) is 50.8 Å². The molecule has 3 aromatic rings. The highest BCUT2D eigenvalue weighted by Crippen LogP contribution is 2.26. The third-order valence-corrected chi connectivity index (χ3v) is 8.19. The van der Waals surface area contributed by atoms with Gasteiger partial charge in [-0.25, -0.2) is 8.42 Å². The van der Waals surface area contributed by atoms with Gasteiger partial charge in [-0.3, -0.25) is 13.9 Å². The summed E-state index contributed by atoms with van der Waals surface area (Å²) in [5.74, 6) is -0.738. The Bertz CT molecular complexity index is 1290. The number of carbonyl (C=O) groups excluding carboxylic acids is 2. The van der Waals surface area contributed by atoms with E-state index in [4.69, 9.17) is 0 Å². The van der Waals surface area contributed by atoms with Crippen LogP contribution in [0.4, 0.5) is 5.69 Å². The average Bonchev–Trinajstić information content (AvgIpc) is 2.91. The Morgan fingerprint density at radius 2 is 1.59 bits per heavy atom. The summed E-state index contributed by atoms with van der Waals surface area (Å²) in [6.45, 7) is 3.93. The molecule has 0 aliphatic rings. The molecule has 0 aromatic heterocycles. The summed E-state index contributed by atoms with van der Waals surface area (Å²) in [5, 5.41) is 2.84. The number of sulfonamides is 1. The highest BCUT2D eigenvalue weighted by molar-refractivity contribution is 9.10. The predicted octanol–water partition coefficient (Wildman–Crippen LogP) is 4.63. The van der Waals surface area contributed by atoms with E-state index in [-0.39, 0.29) is 17.3 Å². The number of benzene rings is 3. The molecule has 0 heterocycles. The molecule has 0 aliphatic carbocycles. The van der Waals surface area contributed by atoms with Gasteiger partial charge in [-0.05, 0) is 55.7 Å². The largest absolute Gasteiger partial charge is 0.354 e. The maximum atomic E-state index is 13.8. The number of nitrogens with one attached hydrogen (secondary N) is 1. The first-order valence-electron chi connectivity index (χ1n) is 12.2. The first-order valence-corrected chi connectivity index (χ1v) is 14.4. The van der Waals surface area contributed by atoms with Crippen LogP contribution in [0.25, 0.3) is 0 Å². The maximum absolute atomic E-state index is 13.8. The Labute approximate surface area is 227 Å². The summed E-state index contributed by atoms with van der Waals surface area (Å²) < 4.78 is 29.2. The molecule has 9 heteroatoms. The SMILES string of the molecule is CCCNC(=O)C(C)N(CCc1ccccc1)C(=O)CN(c1cccc(Br)c1)S(=O)(=O)c1ccccc1. The molecule has 196 valence electrons. The summed E-state index contributed by atoms with van der Waals surface area (Å²) in [7, 11) is -4.06. The second kappa shape index (κ2) is 13.4. The highest BCUT2D eigenvalue weighted by Gasteiger charge is 2.32. The Morgan fingerprint density at radius 3 is 2.22 bits per heavy atom. The van der Waals surface area contributed by atoms with Crippen molar-refractivity contribution < 1.29 is 18.0 Å². The van der Waals surface area contributed by atoms with Crippen molar-refractivity contribution in [3.05, 3.63) is 95.0 Å². The van der Waals surface area contributed by atoms with Crippen LogP contribution in [0.3, 0.4) is 0 Å². The normalized spacial score (nSPS) is 12.0. The fourth-order valence-corrected chi connectivity index (χ4v) is 5.66. The molecule has 0 spiro atoms. The molecule has 0 fully saturated rings. The fourth-order valence-electron chi connectivity index (χ4n) is 3.85. The summed E-state index contributed by atoms with van der Waals surface area (Å²) in [6.07, 6.45) is 1.29. The van der Waals surface area contributed by atoms with E-state index in [1.165, 1.54) is 17.0 Å². The van der Waals surface area contributed by atoms with Crippen molar-refractivity contribution in [1.82, 2.24) is 10.2 Å². The number of halogens is 1. The van der Waals surface area contributed by atoms with E-state index in [1.807, 2.05) is 37.3 Å². The molecular weight excluding hydrogens is 554 g/mol. The second-order valence-electron chi connectivity index (χ2n) is 8.59. The van der Waals surface area contributed by atoms with E-state index in [0.717, 1.165) is 16.3 Å². The third kappa shape index (κ3) is 7.66. The van der Waals surface area contributed by atoms with Gasteiger partial charge >= 0.3 is 0 Å². The van der Waals surface area contributed by atoms with E-state index in [1.54, 1.807) is 49.4 Å². The Balaban J connectivity index is 1.95. The van der Waals surface area contributed by atoms with Crippen molar-refractivity contribution in [1.29, 1.82) is 0 Å². The van der Waals surface area contributed by atoms with E-state index >= 15 is 0 Å². The van der Waals surface area contributed by atoms with Crippen LogP contribution in [0, 0.1) is 0 Å². The average molecular weight is 587 g/mol. The lowest BCUT2D eigenvalue weighted by Crippen LogP contribution is -2.52. The van der Waals surface area contributed by atoms with Crippen LogP contribution in [0.1, 0.15) is 25.8 Å². The minimum Gasteiger partial charge on any atom is -0.354 e. The number of hydrogen-bond donors (Lipinski definition) is 1. The number of hydrogen-bond acceptors (Lipinski definition) is 4. The Hall–Kier alpha value is -3.17. The maximum Gasteiger partial charge on any atom is 0.264 e. The summed E-state index contributed by atoms with van der Waals surface area (Å²) in [6, 6.07) is 23.7. The molecule has 3 aromatic carbocycles. The van der Waals surface area contributed by atoms with Gasteiger partial charge in [0.1, 0.15) is 12.6 Å². The van der Waals surface area contributed by atoms with Gasteiger partial charge < -0.3 is 10.2 Å². The zero-order valence-corrected chi connectivity index (χ0v) is 23.4. The third-order valence-electron chi connectivity index (χ3n) is 5.91. The van der Waals surface area contributed by atoms with Crippen molar-refractivity contribution in [2.75, 3.05) is 23.9 Å². The van der Waals surface area contributed by atoms with Gasteiger partial charge in [0.25, 0.3) is 10.0 Å². The molecule has 1 unspecified atom stereocenters. The number of rotatable bonds is 12. The zero-order valence-electron chi connectivity index (χ0n) is 21.0. The van der Waals surface area contributed by atoms with Gasteiger partial charge in [0.05, 0.1) is 10.6 Å². The van der Waals surface area contributed by atoms with Crippen LogP contribution in [0.2, 0.25) is 0 Å². The van der Waals surface area contributed by atoms with Crippen molar-refractivity contribution in [2.24, 2.45) is 0 Å². The minimum atomic E-state index is -4.06. The van der Waals surface area contributed by atoms with Gasteiger partial charge in [0, 0.05) is 17.6 Å². The van der Waals surface area contributed by atoms with E-state index < -0.39 is 28.5 Å². The standard InChI is InChI=1S/C28H32BrN3O4S/c1-3-18-30-28(34)22(2)31(19-17-23-11-6-4-7-12-23)27(33)21-32(25-14-10-13-24(29)20-25)37(35,36)26-15-8-5-9-16-26/h4-16,20,22H,3,17-19,21H2,1-2H3,(H,30,34). The van der Waals surface area contributed by atoms with Gasteiger partial charge in [-0.1, -0.05) is 77.5 Å². The van der Waals surface area contributed by atoms with Gasteiger partial charge in [0.15, 0.2) is 0 Å². The molecular formula is C28H32BrN3O4S. The first kappa shape index (κ1) is 28.4. The molecule has 0 radical (unpaired) electrons. The highest BCUT2D eigenvalue weighted by atomic mass is 79.9. The fraction of sp³-hybridized carbons (Fsp3) is 0.286. The first-order chi connectivity index (χ1) is 17.7. The molecule has 0 aliphatic heterocycles. The molecule has 37 heavy (non-hydrogen) atoms. The van der Waals surface area contributed by atoms with Crippen LogP contribution in [0.15, 0.2) is 94.3 Å². The van der Waals surface area contributed by atoms with E-state index in [0.29, 0.717) is 23.1 Å². The summed E-state index contributed by atoms with van der Waals surface area (Å²) in [4.78, 5) is 28.1. The number of carbonyl (C=O) groups is 2. The predicted molar refractivity (Wildman–Crippen MR) is 150 cm³/mol. The zero-order chi connectivity index (χ0) is 26.8. The molecule has 2 amide bonds. The molecule has 3 rings (SSSR count). The number of amides is 2. The van der Waals surface area contributed by atoms with Crippen LogP contribution in [0.5, 0.6) is 0 Å². The van der Waals surface area contributed by atoms with Crippen LogP contribution < -0.4 is 9.62 Å². The van der Waals surface area contributed by atoms with Crippen molar-refractivity contribution in [3.8, 4) is 0 Å². The lowest BCUT2D eigenvalue weighted by atomic mass is 10.1. The molecule has 0 saturated heterocycles. The topological polar surface area (TPSA) is 86.8 Å². The lowest BCUT2D eigenvalue weighted by Gasteiger charge is -2.32. The van der Waals surface area contributed by atoms with Crippen molar-refractivity contribution >= 4 is 43.5 Å². The molecule has 0 saturated carbocycles. The summed E-state index contributed by atoms with van der Waals surface area (Å²) >= 11 is 3.40. The van der Waals surface area contributed by atoms with Crippen molar-refractivity contribution in [2.45, 2.75) is 37.6 Å². The lowest BCUT2D eigenvalue weighted by molar-refractivity contribution is -0.138. The van der Waals surface area contributed by atoms with E-state index in [9.17, 15) is 18.0 Å². The number of nitrogens with zero attached hydrogens (tertiary/aromatic N) is 2. The summed E-state index contributed by atoms with van der Waals surface area (Å²) in [5.41, 5.74) is 1.36. The molecule has 7 nitrogen and oxygen atoms in total. The minimum absolute atomic E-state index is 0.0762. The van der Waals surface area contributed by atoms with Gasteiger partial charge in [-0.15, -0.1) is 0 Å². The molecule has 0 bridgehead atoms. The van der Waals surface area contributed by atoms with Crippen LogP contribution >= 0.6 is 15.9 Å². The second-order valence-corrected chi connectivity index (χ2v) is 11.4. The number of anilines is 1. The van der Waals surface area contributed by atoms with E-state index in [2.05, 4.69) is 21.2 Å².